The van der Waals surface area contributed by atoms with Crippen LogP contribution in [0.5, 0.6) is 0 Å². The molecule has 3 rings (SSSR count). The third-order valence-corrected chi connectivity index (χ3v) is 7.37. The van der Waals surface area contributed by atoms with Crippen molar-refractivity contribution in [1.82, 2.24) is 4.31 Å². The van der Waals surface area contributed by atoms with Crippen molar-refractivity contribution in [2.24, 2.45) is 5.73 Å². The van der Waals surface area contributed by atoms with Crippen molar-refractivity contribution < 1.29 is 22.4 Å². The number of hydrogen-bond acceptors (Lipinski definition) is 5. The van der Waals surface area contributed by atoms with E-state index in [2.05, 4.69) is 5.32 Å². The fraction of sp³-hybridized carbons (Fsp3) is 0.143. The van der Waals surface area contributed by atoms with Crippen LogP contribution in [0.15, 0.2) is 59.5 Å². The smallest absolute Gasteiger partial charge is 0.252 e. The maximum absolute atomic E-state index is 13.1. The topological polar surface area (TPSA) is 110 Å². The first-order valence-electron chi connectivity index (χ1n) is 9.11. The number of nitrogens with two attached hydrogens (primary N) is 1. The van der Waals surface area contributed by atoms with E-state index in [4.69, 9.17) is 5.73 Å². The Hall–Kier alpha value is -3.08. The molecule has 0 saturated carbocycles. The molecule has 2 aromatic carbocycles. The lowest BCUT2D eigenvalue weighted by Crippen LogP contribution is -2.35. The van der Waals surface area contributed by atoms with E-state index in [0.717, 1.165) is 39.0 Å². The van der Waals surface area contributed by atoms with E-state index in [1.807, 2.05) is 30.3 Å². The molecule has 1 aromatic heterocycles. The van der Waals surface area contributed by atoms with Crippen molar-refractivity contribution in [2.75, 3.05) is 18.9 Å². The van der Waals surface area contributed by atoms with E-state index in [1.54, 1.807) is 6.92 Å². The number of aryl methyl sites for hydroxylation is 1. The van der Waals surface area contributed by atoms with Gasteiger partial charge in [-0.15, -0.1) is 11.3 Å². The minimum absolute atomic E-state index is 0.139. The monoisotopic (exact) mass is 461 g/mol. The van der Waals surface area contributed by atoms with Crippen LogP contribution in [0.4, 0.5) is 9.39 Å². The predicted octanol–water partition coefficient (Wildman–Crippen LogP) is 3.22. The van der Waals surface area contributed by atoms with Crippen LogP contribution in [-0.2, 0) is 14.8 Å². The zero-order valence-corrected chi connectivity index (χ0v) is 18.4. The number of carbonyl (C=O) groups is 2. The van der Waals surface area contributed by atoms with Gasteiger partial charge >= 0.3 is 0 Å². The predicted molar refractivity (Wildman–Crippen MR) is 118 cm³/mol. The van der Waals surface area contributed by atoms with Gasteiger partial charge < -0.3 is 11.1 Å². The lowest BCUT2D eigenvalue weighted by Gasteiger charge is -2.17. The minimum Gasteiger partial charge on any atom is -0.365 e. The highest BCUT2D eigenvalue weighted by Gasteiger charge is 2.26. The van der Waals surface area contributed by atoms with Gasteiger partial charge in [0, 0.05) is 17.5 Å². The number of rotatable bonds is 7. The number of anilines is 1. The third kappa shape index (κ3) is 4.82. The van der Waals surface area contributed by atoms with Gasteiger partial charge in [-0.2, -0.15) is 4.31 Å². The third-order valence-electron chi connectivity index (χ3n) is 4.53. The van der Waals surface area contributed by atoms with Crippen molar-refractivity contribution in [3.8, 4) is 11.1 Å². The average molecular weight is 462 g/mol. The Morgan fingerprint density at radius 1 is 1.10 bits per heavy atom. The molecule has 7 nitrogen and oxygen atoms in total. The molecule has 0 atom stereocenters. The summed E-state index contributed by atoms with van der Waals surface area (Å²) in [5, 5.41) is 2.85. The number of nitrogens with one attached hydrogen (secondary N) is 1. The molecule has 0 bridgehead atoms. The summed E-state index contributed by atoms with van der Waals surface area (Å²) in [6.45, 7) is 1.30. The summed E-state index contributed by atoms with van der Waals surface area (Å²) in [5.74, 6) is -1.91. The maximum Gasteiger partial charge on any atom is 0.252 e. The molecule has 3 N–H and O–H groups in total. The standard InChI is InChI=1S/C21H20FN3O4S2/c1-13-18(14-6-4-3-5-7-14)19(20(23)27)21(30-13)24-17(26)12-25(2)31(28,29)16-10-8-15(22)9-11-16/h3-11H,12H2,1-2H3,(H2,23,27)(H,24,26). The molecule has 10 heteroatoms. The van der Waals surface area contributed by atoms with Gasteiger partial charge in [0.25, 0.3) is 5.91 Å². The van der Waals surface area contributed by atoms with Crippen molar-refractivity contribution in [1.29, 1.82) is 0 Å². The molecule has 0 aliphatic carbocycles. The van der Waals surface area contributed by atoms with Gasteiger partial charge in [0.1, 0.15) is 10.8 Å². The fourth-order valence-corrected chi connectivity index (χ4v) is 5.28. The zero-order valence-electron chi connectivity index (χ0n) is 16.8. The Balaban J connectivity index is 1.84. The molecule has 0 aliphatic rings. The minimum atomic E-state index is -4.00. The van der Waals surface area contributed by atoms with Gasteiger partial charge in [-0.3, -0.25) is 9.59 Å². The van der Waals surface area contributed by atoms with Gasteiger partial charge in [0.05, 0.1) is 17.0 Å². The second-order valence-corrected chi connectivity index (χ2v) is 10.0. The van der Waals surface area contributed by atoms with E-state index in [-0.39, 0.29) is 15.5 Å². The number of primary amides is 1. The molecule has 0 aliphatic heterocycles. The molecule has 0 unspecified atom stereocenters. The summed E-state index contributed by atoms with van der Waals surface area (Å²) < 4.78 is 39.1. The van der Waals surface area contributed by atoms with Crippen LogP contribution >= 0.6 is 11.3 Å². The first kappa shape index (κ1) is 22.6. The van der Waals surface area contributed by atoms with Gasteiger partial charge in [-0.25, -0.2) is 12.8 Å². The van der Waals surface area contributed by atoms with Crippen LogP contribution in [-0.4, -0.2) is 38.1 Å². The van der Waals surface area contributed by atoms with Crippen molar-refractivity contribution in [3.63, 3.8) is 0 Å². The number of amides is 2. The number of benzene rings is 2. The second kappa shape index (κ2) is 8.96. The number of carbonyl (C=O) groups excluding carboxylic acids is 2. The molecular formula is C21H20FN3O4S2. The fourth-order valence-electron chi connectivity index (χ4n) is 3.06. The van der Waals surface area contributed by atoms with E-state index in [1.165, 1.54) is 18.4 Å². The van der Waals surface area contributed by atoms with E-state index in [9.17, 15) is 22.4 Å². The molecule has 162 valence electrons. The van der Waals surface area contributed by atoms with Crippen LogP contribution in [0.3, 0.4) is 0 Å². The average Bonchev–Trinajstić information content (AvgIpc) is 3.04. The Morgan fingerprint density at radius 2 is 1.71 bits per heavy atom. The number of nitrogens with zero attached hydrogens (tertiary/aromatic N) is 1. The highest BCUT2D eigenvalue weighted by Crippen LogP contribution is 2.39. The summed E-state index contributed by atoms with van der Waals surface area (Å²) in [7, 11) is -2.76. The highest BCUT2D eigenvalue weighted by molar-refractivity contribution is 7.89. The van der Waals surface area contributed by atoms with Gasteiger partial charge in [0.2, 0.25) is 15.9 Å². The molecule has 3 aromatic rings. The first-order chi connectivity index (χ1) is 14.6. The first-order valence-corrected chi connectivity index (χ1v) is 11.4. The molecular weight excluding hydrogens is 441 g/mol. The van der Waals surface area contributed by atoms with Crippen molar-refractivity contribution in [3.05, 3.63) is 70.9 Å². The van der Waals surface area contributed by atoms with Crippen LogP contribution < -0.4 is 11.1 Å². The second-order valence-electron chi connectivity index (χ2n) is 6.73. The largest absolute Gasteiger partial charge is 0.365 e. The molecule has 1 heterocycles. The normalized spacial score (nSPS) is 11.5. The number of halogens is 1. The van der Waals surface area contributed by atoms with Crippen LogP contribution in [0, 0.1) is 12.7 Å². The Bertz CT molecular complexity index is 1220. The highest BCUT2D eigenvalue weighted by atomic mass is 32.2. The zero-order chi connectivity index (χ0) is 22.8. The maximum atomic E-state index is 13.1. The van der Waals surface area contributed by atoms with E-state index in [0.29, 0.717) is 5.56 Å². The number of thiophene rings is 1. The number of sulfonamides is 1. The summed E-state index contributed by atoms with van der Waals surface area (Å²) in [4.78, 5) is 25.4. The summed E-state index contributed by atoms with van der Waals surface area (Å²) in [5.41, 5.74) is 7.16. The molecule has 2 amide bonds. The summed E-state index contributed by atoms with van der Waals surface area (Å²) >= 11 is 1.18. The number of hydrogen-bond donors (Lipinski definition) is 2. The summed E-state index contributed by atoms with van der Waals surface area (Å²) in [6.07, 6.45) is 0. The van der Waals surface area contributed by atoms with E-state index < -0.39 is 34.2 Å². The molecule has 0 radical (unpaired) electrons. The summed E-state index contributed by atoms with van der Waals surface area (Å²) in [6, 6.07) is 13.5. The lowest BCUT2D eigenvalue weighted by atomic mass is 10.0. The quantitative estimate of drug-likeness (QED) is 0.563. The molecule has 31 heavy (non-hydrogen) atoms. The van der Waals surface area contributed by atoms with Gasteiger partial charge in [-0.1, -0.05) is 30.3 Å². The van der Waals surface area contributed by atoms with Crippen LogP contribution in [0.2, 0.25) is 0 Å². The van der Waals surface area contributed by atoms with Gasteiger partial charge in [-0.05, 0) is 36.8 Å². The SMILES string of the molecule is Cc1sc(NC(=O)CN(C)S(=O)(=O)c2ccc(F)cc2)c(C(N)=O)c1-c1ccccc1. The van der Waals surface area contributed by atoms with Crippen LogP contribution in [0.25, 0.3) is 11.1 Å². The van der Waals surface area contributed by atoms with Crippen LogP contribution in [0.1, 0.15) is 15.2 Å². The van der Waals surface area contributed by atoms with Gasteiger partial charge in [0.15, 0.2) is 0 Å². The molecule has 0 saturated heterocycles. The lowest BCUT2D eigenvalue weighted by molar-refractivity contribution is -0.116. The van der Waals surface area contributed by atoms with Crippen molar-refractivity contribution >= 4 is 38.2 Å². The molecule has 0 fully saturated rings. The number of likely N-dealkylation sites (N-methyl/N-ethyl adjacent to an activating group) is 1. The Labute approximate surface area is 183 Å². The van der Waals surface area contributed by atoms with E-state index >= 15 is 0 Å². The Morgan fingerprint density at radius 3 is 2.29 bits per heavy atom. The van der Waals surface area contributed by atoms with Crippen molar-refractivity contribution in [2.45, 2.75) is 11.8 Å². The Kier molecular flexibility index (Phi) is 6.54. The molecule has 0 spiro atoms.